The van der Waals surface area contributed by atoms with Gasteiger partial charge in [0.15, 0.2) is 0 Å². The number of rotatable bonds is 3. The van der Waals surface area contributed by atoms with Crippen molar-refractivity contribution in [1.82, 2.24) is 14.6 Å². The molecule has 0 amide bonds. The Morgan fingerprint density at radius 2 is 1.79 bits per heavy atom. The Hall–Kier alpha value is -2.96. The molecule has 0 spiro atoms. The van der Waals surface area contributed by atoms with Gasteiger partial charge < -0.3 is 4.74 Å². The van der Waals surface area contributed by atoms with E-state index in [-0.39, 0.29) is 17.3 Å². The molecule has 4 aromatic rings. The maximum atomic E-state index is 13.7. The van der Waals surface area contributed by atoms with Gasteiger partial charge in [0.05, 0.1) is 21.1 Å². The summed E-state index contributed by atoms with van der Waals surface area (Å²) >= 11 is 12.5. The van der Waals surface area contributed by atoms with E-state index >= 15 is 0 Å². The van der Waals surface area contributed by atoms with Gasteiger partial charge in [0.25, 0.3) is 5.56 Å². The van der Waals surface area contributed by atoms with Crippen LogP contribution in [0.1, 0.15) is 5.56 Å². The zero-order valence-corrected chi connectivity index (χ0v) is 16.0. The summed E-state index contributed by atoms with van der Waals surface area (Å²) in [5.74, 6) is 0.134. The molecule has 0 aliphatic heterocycles. The van der Waals surface area contributed by atoms with Crippen LogP contribution < -0.4 is 10.3 Å². The van der Waals surface area contributed by atoms with Crippen molar-refractivity contribution in [1.29, 1.82) is 0 Å². The average molecular weight is 416 g/mol. The lowest BCUT2D eigenvalue weighted by Crippen LogP contribution is -2.14. The highest BCUT2D eigenvalue weighted by Gasteiger charge is 2.17. The molecule has 0 saturated carbocycles. The normalized spacial score (nSPS) is 11.0. The lowest BCUT2D eigenvalue weighted by molar-refractivity contribution is 0.447. The van der Waals surface area contributed by atoms with Crippen molar-refractivity contribution < 1.29 is 9.13 Å². The van der Waals surface area contributed by atoms with Gasteiger partial charge in [0.2, 0.25) is 5.88 Å². The Morgan fingerprint density at radius 1 is 1.04 bits per heavy atom. The van der Waals surface area contributed by atoms with E-state index in [4.69, 9.17) is 27.9 Å². The number of aryl methyl sites for hydroxylation is 1. The van der Waals surface area contributed by atoms with Crippen molar-refractivity contribution in [2.45, 2.75) is 6.92 Å². The first-order chi connectivity index (χ1) is 13.4. The molecule has 28 heavy (non-hydrogen) atoms. The van der Waals surface area contributed by atoms with Gasteiger partial charge in [-0.15, -0.1) is 5.10 Å². The van der Waals surface area contributed by atoms with E-state index in [2.05, 4.69) is 10.1 Å². The monoisotopic (exact) mass is 415 g/mol. The van der Waals surface area contributed by atoms with Crippen LogP contribution in [0.3, 0.4) is 0 Å². The zero-order chi connectivity index (χ0) is 19.8. The van der Waals surface area contributed by atoms with Gasteiger partial charge in [-0.05, 0) is 36.8 Å². The van der Waals surface area contributed by atoms with Crippen molar-refractivity contribution in [3.8, 4) is 22.8 Å². The van der Waals surface area contributed by atoms with Crippen LogP contribution in [-0.4, -0.2) is 14.6 Å². The Morgan fingerprint density at radius 3 is 2.50 bits per heavy atom. The molecule has 0 bridgehead atoms. The first-order valence-electron chi connectivity index (χ1n) is 8.21. The summed E-state index contributed by atoms with van der Waals surface area (Å²) in [5.41, 5.74) is 1.11. The topological polar surface area (TPSA) is 56.5 Å². The van der Waals surface area contributed by atoms with E-state index in [0.29, 0.717) is 32.4 Å². The molecule has 2 aromatic carbocycles. The van der Waals surface area contributed by atoms with Crippen LogP contribution in [-0.2, 0) is 0 Å². The molecule has 0 aliphatic rings. The summed E-state index contributed by atoms with van der Waals surface area (Å²) in [4.78, 5) is 16.3. The van der Waals surface area contributed by atoms with Gasteiger partial charge in [0.1, 0.15) is 17.9 Å². The molecule has 0 aliphatic carbocycles. The smallest absolute Gasteiger partial charge is 0.281 e. The number of hydrogen-bond acceptors (Lipinski definition) is 4. The third-order valence-electron chi connectivity index (χ3n) is 4.17. The minimum absolute atomic E-state index is 0.206. The van der Waals surface area contributed by atoms with Crippen LogP contribution in [0.5, 0.6) is 11.6 Å². The van der Waals surface area contributed by atoms with Gasteiger partial charge in [-0.2, -0.15) is 4.98 Å². The lowest BCUT2D eigenvalue weighted by Gasteiger charge is -2.11. The summed E-state index contributed by atoms with van der Waals surface area (Å²) in [7, 11) is 0. The van der Waals surface area contributed by atoms with Crippen LogP contribution in [0.4, 0.5) is 4.39 Å². The highest BCUT2D eigenvalue weighted by atomic mass is 35.5. The molecule has 0 fully saturated rings. The predicted molar refractivity (Wildman–Crippen MR) is 106 cm³/mol. The molecule has 0 radical (unpaired) electrons. The minimum atomic E-state index is -0.480. The molecule has 5 nitrogen and oxygen atoms in total. The SMILES string of the molecule is Cc1ccc(Oc2ccc3c(-c4c(Cl)cccc4Cl)c(=O)ncn3n2)cc1F. The van der Waals surface area contributed by atoms with E-state index in [0.717, 1.165) is 0 Å². The van der Waals surface area contributed by atoms with E-state index in [1.807, 2.05) is 0 Å². The summed E-state index contributed by atoms with van der Waals surface area (Å²) in [6.45, 7) is 1.66. The summed E-state index contributed by atoms with van der Waals surface area (Å²) in [6, 6.07) is 12.7. The van der Waals surface area contributed by atoms with Gasteiger partial charge in [-0.25, -0.2) is 8.91 Å². The predicted octanol–water partition coefficient (Wildman–Crippen LogP) is 5.30. The molecular weight excluding hydrogens is 404 g/mol. The molecule has 4 rings (SSSR count). The first-order valence-corrected chi connectivity index (χ1v) is 8.97. The number of nitrogens with zero attached hydrogens (tertiary/aromatic N) is 3. The molecule has 0 saturated heterocycles. The van der Waals surface area contributed by atoms with Crippen LogP contribution in [0.25, 0.3) is 16.6 Å². The Bertz CT molecular complexity index is 1250. The number of halogens is 3. The largest absolute Gasteiger partial charge is 0.437 e. The molecule has 0 atom stereocenters. The minimum Gasteiger partial charge on any atom is -0.437 e. The number of benzene rings is 2. The standard InChI is InChI=1S/C20H12Cl2FN3O2/c1-11-5-6-12(9-15(11)23)28-17-8-7-16-19(20(27)24-10-26(16)25-17)18-13(21)3-2-4-14(18)22/h2-10H,1H3. The fourth-order valence-corrected chi connectivity index (χ4v) is 3.36. The van der Waals surface area contributed by atoms with Gasteiger partial charge in [-0.1, -0.05) is 35.3 Å². The van der Waals surface area contributed by atoms with Crippen molar-refractivity contribution in [3.63, 3.8) is 0 Å². The van der Waals surface area contributed by atoms with Crippen LogP contribution in [0.2, 0.25) is 10.0 Å². The highest BCUT2D eigenvalue weighted by molar-refractivity contribution is 6.39. The number of ether oxygens (including phenoxy) is 1. The molecule has 8 heteroatoms. The molecule has 0 N–H and O–H groups in total. The second kappa shape index (κ2) is 7.22. The third-order valence-corrected chi connectivity index (χ3v) is 4.80. The quantitative estimate of drug-likeness (QED) is 0.455. The fraction of sp³-hybridized carbons (Fsp3) is 0.0500. The average Bonchev–Trinajstić information content (AvgIpc) is 2.66. The van der Waals surface area contributed by atoms with E-state index in [1.54, 1.807) is 49.4 Å². The summed E-state index contributed by atoms with van der Waals surface area (Å²) in [6.07, 6.45) is 1.27. The van der Waals surface area contributed by atoms with Crippen molar-refractivity contribution in [3.05, 3.63) is 86.6 Å². The maximum Gasteiger partial charge on any atom is 0.281 e. The molecule has 2 aromatic heterocycles. The van der Waals surface area contributed by atoms with Crippen LogP contribution >= 0.6 is 23.2 Å². The van der Waals surface area contributed by atoms with Crippen molar-refractivity contribution in [2.24, 2.45) is 0 Å². The van der Waals surface area contributed by atoms with Gasteiger partial charge in [0, 0.05) is 17.7 Å². The van der Waals surface area contributed by atoms with Crippen molar-refractivity contribution >= 4 is 28.7 Å². The Kier molecular flexibility index (Phi) is 4.75. The van der Waals surface area contributed by atoms with E-state index < -0.39 is 5.56 Å². The highest BCUT2D eigenvalue weighted by Crippen LogP contribution is 2.35. The maximum absolute atomic E-state index is 13.7. The number of aromatic nitrogens is 3. The Labute approximate surface area is 168 Å². The van der Waals surface area contributed by atoms with Crippen molar-refractivity contribution in [2.75, 3.05) is 0 Å². The molecule has 2 heterocycles. The lowest BCUT2D eigenvalue weighted by atomic mass is 10.1. The van der Waals surface area contributed by atoms with Gasteiger partial charge >= 0.3 is 0 Å². The number of fused-ring (bicyclic) bond motifs is 1. The molecular formula is C20H12Cl2FN3O2. The summed E-state index contributed by atoms with van der Waals surface area (Å²) in [5, 5.41) is 4.95. The number of hydrogen-bond donors (Lipinski definition) is 0. The second-order valence-corrected chi connectivity index (χ2v) is 6.85. The Balaban J connectivity index is 1.83. The van der Waals surface area contributed by atoms with Gasteiger partial charge in [-0.3, -0.25) is 4.79 Å². The van der Waals surface area contributed by atoms with E-state index in [9.17, 15) is 9.18 Å². The second-order valence-electron chi connectivity index (χ2n) is 6.04. The zero-order valence-electron chi connectivity index (χ0n) is 14.5. The van der Waals surface area contributed by atoms with Crippen LogP contribution in [0.15, 0.2) is 59.7 Å². The molecule has 140 valence electrons. The third kappa shape index (κ3) is 3.32. The molecule has 0 unspecified atom stereocenters. The fourth-order valence-electron chi connectivity index (χ4n) is 2.77. The van der Waals surface area contributed by atoms with Crippen LogP contribution in [0, 0.1) is 12.7 Å². The van der Waals surface area contributed by atoms with E-state index in [1.165, 1.54) is 16.9 Å². The summed E-state index contributed by atoms with van der Waals surface area (Å²) < 4.78 is 20.7. The first kappa shape index (κ1) is 18.4.